The Morgan fingerprint density at radius 2 is 1.32 bits per heavy atom. The van der Waals surface area contributed by atoms with Gasteiger partial charge < -0.3 is 14.7 Å². The van der Waals surface area contributed by atoms with Crippen molar-refractivity contribution in [2.45, 2.75) is 20.3 Å². The zero-order valence-corrected chi connectivity index (χ0v) is 16.9. The normalized spacial score (nSPS) is 18.3. The Kier molecular flexibility index (Phi) is 6.67. The number of piperazine rings is 2. The second-order valence-electron chi connectivity index (χ2n) is 7.51. The van der Waals surface area contributed by atoms with E-state index in [0.29, 0.717) is 58.9 Å². The molecule has 0 radical (unpaired) electrons. The lowest BCUT2D eigenvalue weighted by Crippen LogP contribution is -2.54. The lowest BCUT2D eigenvalue weighted by atomic mass is 10.1. The maximum atomic E-state index is 12.7. The van der Waals surface area contributed by atoms with Gasteiger partial charge in [-0.1, -0.05) is 19.1 Å². The second-order valence-corrected chi connectivity index (χ2v) is 7.51. The van der Waals surface area contributed by atoms with Crippen molar-refractivity contribution in [2.24, 2.45) is 0 Å². The van der Waals surface area contributed by atoms with Crippen LogP contribution in [-0.4, -0.2) is 96.2 Å². The molecule has 0 saturated carbocycles. The largest absolute Gasteiger partial charge is 0.339 e. The molecule has 0 N–H and O–H groups in total. The average molecular weight is 386 g/mol. The first-order valence-electron chi connectivity index (χ1n) is 10.1. The van der Waals surface area contributed by atoms with Crippen molar-refractivity contribution < 1.29 is 14.4 Å². The molecule has 28 heavy (non-hydrogen) atoms. The monoisotopic (exact) mass is 386 g/mol. The number of hydrogen-bond donors (Lipinski definition) is 0. The van der Waals surface area contributed by atoms with Gasteiger partial charge in [0.05, 0.1) is 6.54 Å². The van der Waals surface area contributed by atoms with Crippen LogP contribution in [0.4, 0.5) is 0 Å². The van der Waals surface area contributed by atoms with E-state index in [-0.39, 0.29) is 17.7 Å². The van der Waals surface area contributed by atoms with Crippen molar-refractivity contribution in [3.8, 4) is 0 Å². The highest BCUT2D eigenvalue weighted by Crippen LogP contribution is 2.11. The molecule has 2 aliphatic rings. The Hall–Kier alpha value is -2.41. The van der Waals surface area contributed by atoms with Crippen LogP contribution in [0.25, 0.3) is 0 Å². The van der Waals surface area contributed by atoms with Gasteiger partial charge >= 0.3 is 0 Å². The number of nitrogens with zero attached hydrogens (tertiary/aromatic N) is 4. The third-order valence-corrected chi connectivity index (χ3v) is 5.71. The first-order valence-corrected chi connectivity index (χ1v) is 10.1. The molecule has 152 valence electrons. The van der Waals surface area contributed by atoms with E-state index >= 15 is 0 Å². The summed E-state index contributed by atoms with van der Waals surface area (Å²) >= 11 is 0. The highest BCUT2D eigenvalue weighted by molar-refractivity contribution is 5.94. The van der Waals surface area contributed by atoms with Crippen LogP contribution in [0, 0.1) is 0 Å². The van der Waals surface area contributed by atoms with Gasteiger partial charge in [0.15, 0.2) is 0 Å². The molecule has 0 aliphatic carbocycles. The van der Waals surface area contributed by atoms with E-state index in [1.54, 1.807) is 11.8 Å². The average Bonchev–Trinajstić information content (AvgIpc) is 2.74. The van der Waals surface area contributed by atoms with Gasteiger partial charge in [0.2, 0.25) is 11.8 Å². The highest BCUT2D eigenvalue weighted by Gasteiger charge is 2.27. The van der Waals surface area contributed by atoms with Crippen LogP contribution in [0.5, 0.6) is 0 Å². The van der Waals surface area contributed by atoms with Gasteiger partial charge in [-0.15, -0.1) is 0 Å². The summed E-state index contributed by atoms with van der Waals surface area (Å²) < 4.78 is 0. The fraction of sp³-hybridized carbons (Fsp3) is 0.571. The molecule has 0 bridgehead atoms. The zero-order chi connectivity index (χ0) is 20.1. The summed E-state index contributed by atoms with van der Waals surface area (Å²) in [6.07, 6.45) is 0.963. The van der Waals surface area contributed by atoms with Crippen LogP contribution < -0.4 is 0 Å². The van der Waals surface area contributed by atoms with Crippen molar-refractivity contribution >= 4 is 17.7 Å². The van der Waals surface area contributed by atoms with Crippen LogP contribution >= 0.6 is 0 Å². The van der Waals surface area contributed by atoms with Gasteiger partial charge in [0, 0.05) is 64.8 Å². The van der Waals surface area contributed by atoms with Crippen molar-refractivity contribution in [3.63, 3.8) is 0 Å². The van der Waals surface area contributed by atoms with Crippen LogP contribution in [0.2, 0.25) is 0 Å². The van der Waals surface area contributed by atoms with Crippen LogP contribution in [0.15, 0.2) is 24.3 Å². The van der Waals surface area contributed by atoms with Crippen molar-refractivity contribution in [2.75, 3.05) is 58.9 Å². The van der Waals surface area contributed by atoms with Gasteiger partial charge in [-0.05, 0) is 24.1 Å². The fourth-order valence-corrected chi connectivity index (χ4v) is 3.74. The van der Waals surface area contributed by atoms with E-state index in [1.807, 2.05) is 34.1 Å². The van der Waals surface area contributed by atoms with Gasteiger partial charge in [0.25, 0.3) is 5.91 Å². The minimum Gasteiger partial charge on any atom is -0.339 e. The molecule has 0 unspecified atom stereocenters. The highest BCUT2D eigenvalue weighted by atomic mass is 16.2. The summed E-state index contributed by atoms with van der Waals surface area (Å²) in [7, 11) is 0. The molecule has 2 saturated heterocycles. The lowest BCUT2D eigenvalue weighted by molar-refractivity contribution is -0.139. The molecular formula is C21H30N4O3. The van der Waals surface area contributed by atoms with Crippen molar-refractivity contribution in [1.82, 2.24) is 19.6 Å². The van der Waals surface area contributed by atoms with E-state index in [9.17, 15) is 14.4 Å². The summed E-state index contributed by atoms with van der Waals surface area (Å²) in [5.74, 6) is 0.240. The van der Waals surface area contributed by atoms with E-state index in [4.69, 9.17) is 0 Å². The molecule has 3 amide bonds. The fourth-order valence-electron chi connectivity index (χ4n) is 3.74. The van der Waals surface area contributed by atoms with Crippen molar-refractivity contribution in [1.29, 1.82) is 0 Å². The molecule has 1 aromatic rings. The number of aryl methyl sites for hydroxylation is 1. The Balaban J connectivity index is 1.44. The summed E-state index contributed by atoms with van der Waals surface area (Å²) in [5.41, 5.74) is 1.95. The van der Waals surface area contributed by atoms with Crippen LogP contribution in [-0.2, 0) is 16.0 Å². The Bertz CT molecular complexity index is 703. The summed E-state index contributed by atoms with van der Waals surface area (Å²) in [6, 6.07) is 7.82. The molecule has 2 aliphatic heterocycles. The first-order chi connectivity index (χ1) is 13.5. The van der Waals surface area contributed by atoms with Gasteiger partial charge in [-0.3, -0.25) is 19.3 Å². The van der Waals surface area contributed by atoms with E-state index in [0.717, 1.165) is 12.0 Å². The van der Waals surface area contributed by atoms with Crippen LogP contribution in [0.3, 0.4) is 0 Å². The number of amides is 3. The molecule has 7 nitrogen and oxygen atoms in total. The molecule has 0 spiro atoms. The number of carbonyl (C=O) groups is 3. The molecule has 7 heteroatoms. The number of hydrogen-bond acceptors (Lipinski definition) is 4. The minimum atomic E-state index is 0.0639. The van der Waals surface area contributed by atoms with E-state index in [2.05, 4.69) is 11.8 Å². The predicted molar refractivity (Wildman–Crippen MR) is 107 cm³/mol. The lowest BCUT2D eigenvalue weighted by Gasteiger charge is -2.37. The Morgan fingerprint density at radius 3 is 1.86 bits per heavy atom. The van der Waals surface area contributed by atoms with E-state index in [1.165, 1.54) is 5.56 Å². The standard InChI is InChI=1S/C21H30N4O3/c1-3-18-4-6-19(7-5-18)21(28)25-10-8-22(9-11-25)16-20(27)24-14-12-23(13-15-24)17(2)26/h4-7H,3,8-16H2,1-2H3. The van der Waals surface area contributed by atoms with Gasteiger partial charge in [-0.2, -0.15) is 0 Å². The predicted octanol–water partition coefficient (Wildman–Crippen LogP) is 0.698. The van der Waals surface area contributed by atoms with Gasteiger partial charge in [-0.25, -0.2) is 0 Å². The molecular weight excluding hydrogens is 356 g/mol. The third-order valence-electron chi connectivity index (χ3n) is 5.71. The summed E-state index contributed by atoms with van der Waals surface area (Å²) in [5, 5.41) is 0. The molecule has 0 aromatic heterocycles. The molecule has 1 aromatic carbocycles. The van der Waals surface area contributed by atoms with E-state index < -0.39 is 0 Å². The quantitative estimate of drug-likeness (QED) is 0.764. The smallest absolute Gasteiger partial charge is 0.253 e. The summed E-state index contributed by atoms with van der Waals surface area (Å²) in [6.45, 7) is 9.16. The number of rotatable bonds is 4. The van der Waals surface area contributed by atoms with Crippen LogP contribution in [0.1, 0.15) is 29.8 Å². The Morgan fingerprint density at radius 1 is 0.786 bits per heavy atom. The molecule has 0 atom stereocenters. The zero-order valence-electron chi connectivity index (χ0n) is 16.9. The Labute approximate surface area is 166 Å². The minimum absolute atomic E-state index is 0.0639. The number of carbonyl (C=O) groups excluding carboxylic acids is 3. The SMILES string of the molecule is CCc1ccc(C(=O)N2CCN(CC(=O)N3CCN(C(C)=O)CC3)CC2)cc1. The third kappa shape index (κ3) is 4.90. The molecule has 3 rings (SSSR count). The molecule has 2 heterocycles. The second kappa shape index (κ2) is 9.19. The van der Waals surface area contributed by atoms with Crippen molar-refractivity contribution in [3.05, 3.63) is 35.4 Å². The van der Waals surface area contributed by atoms with Gasteiger partial charge in [0.1, 0.15) is 0 Å². The first kappa shape index (κ1) is 20.3. The number of benzene rings is 1. The molecule has 2 fully saturated rings. The maximum Gasteiger partial charge on any atom is 0.253 e. The maximum absolute atomic E-state index is 12.7. The topological polar surface area (TPSA) is 64.2 Å². The summed E-state index contributed by atoms with van der Waals surface area (Å²) in [4.78, 5) is 44.2.